The summed E-state index contributed by atoms with van der Waals surface area (Å²) in [5.74, 6) is 1.20. The van der Waals surface area contributed by atoms with Crippen LogP contribution in [0.15, 0.2) is 0 Å². The molecule has 0 aromatic rings. The summed E-state index contributed by atoms with van der Waals surface area (Å²) in [4.78, 5) is 13.1. The van der Waals surface area contributed by atoms with Gasteiger partial charge in [0.05, 0.1) is 0 Å². The maximum absolute atomic E-state index is 10.6. The molecule has 0 aliphatic carbocycles. The van der Waals surface area contributed by atoms with Crippen LogP contribution in [0, 0.1) is 11.8 Å². The van der Waals surface area contributed by atoms with Crippen molar-refractivity contribution < 1.29 is 4.79 Å². The van der Waals surface area contributed by atoms with E-state index in [4.69, 9.17) is 5.73 Å². The minimum absolute atomic E-state index is 0.135. The Morgan fingerprint density at radius 2 is 2.36 bits per heavy atom. The summed E-state index contributed by atoms with van der Waals surface area (Å²) in [6.45, 7) is 3.55. The molecule has 3 unspecified atom stereocenters. The number of fused-ring (bicyclic) bond motifs is 2. The molecule has 2 aliphatic rings. The Hall–Kier alpha value is -0.570. The second kappa shape index (κ2) is 2.48. The van der Waals surface area contributed by atoms with E-state index in [-0.39, 0.29) is 5.91 Å². The Labute approximate surface area is 66.5 Å². The van der Waals surface area contributed by atoms with E-state index in [1.165, 1.54) is 19.5 Å². The van der Waals surface area contributed by atoms with Gasteiger partial charge in [-0.25, -0.2) is 0 Å². The topological polar surface area (TPSA) is 46.3 Å². The van der Waals surface area contributed by atoms with Gasteiger partial charge in [-0.1, -0.05) is 0 Å². The number of carbonyl (C=O) groups excluding carboxylic acids is 1. The lowest BCUT2D eigenvalue weighted by Crippen LogP contribution is -2.27. The predicted octanol–water partition coefficient (Wildman–Crippen LogP) is -0.187. The van der Waals surface area contributed by atoms with Gasteiger partial charge in [0.1, 0.15) is 0 Å². The molecule has 2 aliphatic heterocycles. The van der Waals surface area contributed by atoms with Gasteiger partial charge in [0, 0.05) is 19.5 Å². The van der Waals surface area contributed by atoms with E-state index in [2.05, 4.69) is 4.90 Å². The second-order valence-corrected chi connectivity index (χ2v) is 3.74. The third kappa shape index (κ3) is 1.25. The Morgan fingerprint density at radius 1 is 1.55 bits per heavy atom. The van der Waals surface area contributed by atoms with E-state index < -0.39 is 0 Å². The van der Waals surface area contributed by atoms with Crippen LogP contribution in [0.2, 0.25) is 0 Å². The maximum Gasteiger partial charge on any atom is 0.217 e. The van der Waals surface area contributed by atoms with E-state index in [0.717, 1.165) is 12.5 Å². The smallest absolute Gasteiger partial charge is 0.217 e. The van der Waals surface area contributed by atoms with Crippen LogP contribution in [0.1, 0.15) is 12.8 Å². The first-order chi connectivity index (χ1) is 5.25. The van der Waals surface area contributed by atoms with E-state index >= 15 is 0 Å². The summed E-state index contributed by atoms with van der Waals surface area (Å²) in [5, 5.41) is 0. The average Bonchev–Trinajstić information content (AvgIpc) is 2.45. The van der Waals surface area contributed by atoms with E-state index in [0.29, 0.717) is 12.3 Å². The van der Waals surface area contributed by atoms with E-state index in [9.17, 15) is 4.79 Å². The van der Waals surface area contributed by atoms with Crippen LogP contribution >= 0.6 is 0 Å². The first kappa shape index (κ1) is 7.10. The number of amides is 1. The molecule has 2 bridgehead atoms. The zero-order valence-corrected chi connectivity index (χ0v) is 6.62. The molecule has 3 atom stereocenters. The highest BCUT2D eigenvalue weighted by atomic mass is 16.1. The van der Waals surface area contributed by atoms with Crippen LogP contribution in [0.3, 0.4) is 0 Å². The van der Waals surface area contributed by atoms with Crippen LogP contribution in [-0.2, 0) is 4.79 Å². The molecule has 3 heteroatoms. The number of primary amides is 1. The van der Waals surface area contributed by atoms with Gasteiger partial charge < -0.3 is 10.6 Å². The summed E-state index contributed by atoms with van der Waals surface area (Å²) in [6, 6.07) is 0. The fourth-order valence-corrected chi connectivity index (χ4v) is 2.38. The minimum atomic E-state index is -0.135. The normalized spacial score (nSPS) is 41.3. The maximum atomic E-state index is 10.6. The van der Waals surface area contributed by atoms with Crippen molar-refractivity contribution in [3.63, 3.8) is 0 Å². The van der Waals surface area contributed by atoms with Crippen molar-refractivity contribution in [2.24, 2.45) is 17.6 Å². The molecular formula is C8H14N2O. The SMILES string of the molecule is NC(=O)CC1CN2CCC1C2. The monoisotopic (exact) mass is 154 g/mol. The fourth-order valence-electron chi connectivity index (χ4n) is 2.38. The minimum Gasteiger partial charge on any atom is -0.370 e. The van der Waals surface area contributed by atoms with Crippen molar-refractivity contribution in [3.8, 4) is 0 Å². The van der Waals surface area contributed by atoms with Crippen molar-refractivity contribution in [1.82, 2.24) is 4.90 Å². The third-order valence-electron chi connectivity index (χ3n) is 2.93. The van der Waals surface area contributed by atoms with Crippen LogP contribution in [0.4, 0.5) is 0 Å². The molecule has 2 heterocycles. The quantitative estimate of drug-likeness (QED) is 0.599. The highest BCUT2D eigenvalue weighted by Gasteiger charge is 2.38. The molecule has 11 heavy (non-hydrogen) atoms. The number of hydrogen-bond acceptors (Lipinski definition) is 2. The molecule has 2 N–H and O–H groups in total. The van der Waals surface area contributed by atoms with Crippen molar-refractivity contribution in [2.75, 3.05) is 19.6 Å². The lowest BCUT2D eigenvalue weighted by Gasteiger charge is -2.20. The van der Waals surface area contributed by atoms with Gasteiger partial charge in [-0.3, -0.25) is 4.79 Å². The molecule has 62 valence electrons. The molecule has 0 saturated carbocycles. The summed E-state index contributed by atoms with van der Waals surface area (Å²) in [5.41, 5.74) is 5.15. The summed E-state index contributed by atoms with van der Waals surface area (Å²) in [6.07, 6.45) is 1.87. The molecule has 0 aromatic carbocycles. The molecule has 0 spiro atoms. The highest BCUT2D eigenvalue weighted by Crippen LogP contribution is 2.34. The van der Waals surface area contributed by atoms with Gasteiger partial charge in [0.15, 0.2) is 0 Å². The Kier molecular flexibility index (Phi) is 1.60. The number of nitrogens with zero attached hydrogens (tertiary/aromatic N) is 1. The first-order valence-electron chi connectivity index (χ1n) is 4.26. The van der Waals surface area contributed by atoms with Crippen molar-refractivity contribution in [3.05, 3.63) is 0 Å². The summed E-state index contributed by atoms with van der Waals surface area (Å²) in [7, 11) is 0. The zero-order chi connectivity index (χ0) is 7.84. The molecule has 2 rings (SSSR count). The fraction of sp³-hybridized carbons (Fsp3) is 0.875. The first-order valence-corrected chi connectivity index (χ1v) is 4.26. The van der Waals surface area contributed by atoms with Crippen LogP contribution < -0.4 is 5.73 Å². The molecule has 2 saturated heterocycles. The van der Waals surface area contributed by atoms with Crippen molar-refractivity contribution in [1.29, 1.82) is 0 Å². The number of rotatable bonds is 2. The van der Waals surface area contributed by atoms with Crippen LogP contribution in [0.25, 0.3) is 0 Å². The standard InChI is InChI=1S/C8H14N2O/c9-8(11)3-7-5-10-2-1-6(7)4-10/h6-7H,1-5H2,(H2,9,11). The third-order valence-corrected chi connectivity index (χ3v) is 2.93. The van der Waals surface area contributed by atoms with Gasteiger partial charge in [0.25, 0.3) is 0 Å². The number of carbonyl (C=O) groups is 1. The molecule has 2 fully saturated rings. The Bertz CT molecular complexity index is 181. The van der Waals surface area contributed by atoms with E-state index in [1.54, 1.807) is 0 Å². The lowest BCUT2D eigenvalue weighted by atomic mass is 9.90. The molecule has 1 amide bonds. The van der Waals surface area contributed by atoms with Gasteiger partial charge in [-0.2, -0.15) is 0 Å². The van der Waals surface area contributed by atoms with E-state index in [1.807, 2.05) is 0 Å². The number of nitrogens with two attached hydrogens (primary N) is 1. The Balaban J connectivity index is 1.92. The van der Waals surface area contributed by atoms with Gasteiger partial charge in [-0.15, -0.1) is 0 Å². The van der Waals surface area contributed by atoms with Crippen LogP contribution in [-0.4, -0.2) is 30.4 Å². The van der Waals surface area contributed by atoms with Gasteiger partial charge >= 0.3 is 0 Å². The number of hydrogen-bond donors (Lipinski definition) is 1. The molecule has 0 aromatic heterocycles. The predicted molar refractivity (Wildman–Crippen MR) is 41.8 cm³/mol. The lowest BCUT2D eigenvalue weighted by molar-refractivity contribution is -0.119. The second-order valence-electron chi connectivity index (χ2n) is 3.74. The van der Waals surface area contributed by atoms with Gasteiger partial charge in [0.2, 0.25) is 5.91 Å². The average molecular weight is 154 g/mol. The van der Waals surface area contributed by atoms with Crippen LogP contribution in [0.5, 0.6) is 0 Å². The van der Waals surface area contributed by atoms with Gasteiger partial charge in [-0.05, 0) is 24.8 Å². The summed E-state index contributed by atoms with van der Waals surface area (Å²) >= 11 is 0. The highest BCUT2D eigenvalue weighted by molar-refractivity contribution is 5.74. The largest absolute Gasteiger partial charge is 0.370 e. The zero-order valence-electron chi connectivity index (χ0n) is 6.62. The van der Waals surface area contributed by atoms with Crippen molar-refractivity contribution >= 4 is 5.91 Å². The summed E-state index contributed by atoms with van der Waals surface area (Å²) < 4.78 is 0. The number of piperidine rings is 1. The van der Waals surface area contributed by atoms with Crippen molar-refractivity contribution in [2.45, 2.75) is 12.8 Å². The molecule has 3 nitrogen and oxygen atoms in total. The molecule has 0 radical (unpaired) electrons. The molecular weight excluding hydrogens is 140 g/mol. The Morgan fingerprint density at radius 3 is 2.82 bits per heavy atom.